The smallest absolute Gasteiger partial charge is 0.346 e. The minimum atomic E-state index is -1.21. The maximum Gasteiger partial charge on any atom is 0.346 e. The zero-order chi connectivity index (χ0) is 42.9. The third kappa shape index (κ3) is 5.63. The van der Waals surface area contributed by atoms with Crippen molar-refractivity contribution in [3.05, 3.63) is 177 Å². The van der Waals surface area contributed by atoms with Crippen LogP contribution >= 0.6 is 34.0 Å². The van der Waals surface area contributed by atoms with E-state index in [2.05, 4.69) is 168 Å². The molecule has 0 amide bonds. The normalized spacial score (nSPS) is 15.5. The Labute approximate surface area is 374 Å². The molecule has 0 spiro atoms. The molecule has 302 valence electrons. The zero-order valence-electron chi connectivity index (χ0n) is 35.3. The van der Waals surface area contributed by atoms with E-state index in [-0.39, 0.29) is 21.8 Å². The highest BCUT2D eigenvalue weighted by atomic mass is 32.1. The van der Waals surface area contributed by atoms with Crippen LogP contribution in [-0.4, -0.2) is 11.1 Å². The van der Waals surface area contributed by atoms with E-state index in [9.17, 15) is 15.2 Å². The Morgan fingerprint density at radius 1 is 0.532 bits per heavy atom. The van der Waals surface area contributed by atoms with Gasteiger partial charge in [0.15, 0.2) is 0 Å². The molecule has 62 heavy (non-hydrogen) atoms. The Morgan fingerprint density at radius 2 is 1.02 bits per heavy atom. The van der Waals surface area contributed by atoms with Crippen molar-refractivity contribution in [2.75, 3.05) is 4.90 Å². The first-order valence-corrected chi connectivity index (χ1v) is 23.3. The molecule has 0 bridgehead atoms. The van der Waals surface area contributed by atoms with Crippen LogP contribution in [0.5, 0.6) is 0 Å². The van der Waals surface area contributed by atoms with Gasteiger partial charge in [-0.25, -0.2) is 4.79 Å². The summed E-state index contributed by atoms with van der Waals surface area (Å²) in [4.78, 5) is 20.7. The van der Waals surface area contributed by atoms with Gasteiger partial charge in [0, 0.05) is 62.6 Å². The molecule has 3 aliphatic carbocycles. The summed E-state index contributed by atoms with van der Waals surface area (Å²) in [6.45, 7) is 14.0. The van der Waals surface area contributed by atoms with E-state index in [0.29, 0.717) is 0 Å². The van der Waals surface area contributed by atoms with Crippen molar-refractivity contribution in [3.8, 4) is 58.3 Å². The number of nitriles is 1. The zero-order valence-corrected chi connectivity index (χ0v) is 37.7. The minimum absolute atomic E-state index is 0.121. The van der Waals surface area contributed by atoms with Crippen molar-refractivity contribution >= 4 is 63.1 Å². The standard InChI is InChI=1S/C55H42N2O2S3/c1-53(2)41-13-9-7-11-37(41)39-22-19-34(26-43(39)53)57(35-20-23-40-38-12-8-10-14-42(38)54(3,4)44(40)27-35)33-17-15-31(16-18-33)48-28-45-50(61-48)51-46(55(45,5)6)29-49(62-51)47-24-21-36(60-47)25-32(30-56)52(58)59/h7-29H,1-6H3,(H,58,59). The average molecular weight is 859 g/mol. The van der Waals surface area contributed by atoms with Crippen LogP contribution in [0.25, 0.3) is 58.3 Å². The summed E-state index contributed by atoms with van der Waals surface area (Å²) in [6, 6.07) is 51.3. The van der Waals surface area contributed by atoms with Gasteiger partial charge < -0.3 is 10.0 Å². The predicted octanol–water partition coefficient (Wildman–Crippen LogP) is 15.6. The third-order valence-corrected chi connectivity index (χ3v) is 17.3. The molecule has 0 radical (unpaired) electrons. The van der Waals surface area contributed by atoms with E-state index in [0.717, 1.165) is 31.7 Å². The lowest BCUT2D eigenvalue weighted by Gasteiger charge is -2.30. The van der Waals surface area contributed by atoms with E-state index in [1.165, 1.54) is 93.2 Å². The summed E-state index contributed by atoms with van der Waals surface area (Å²) in [5.74, 6) is -1.21. The van der Waals surface area contributed by atoms with Gasteiger partial charge in [0.1, 0.15) is 11.6 Å². The molecular formula is C55H42N2O2S3. The molecule has 5 aromatic carbocycles. The van der Waals surface area contributed by atoms with Crippen molar-refractivity contribution < 1.29 is 9.90 Å². The minimum Gasteiger partial charge on any atom is -0.477 e. The second-order valence-corrected chi connectivity index (χ2v) is 21.4. The number of fused-ring (bicyclic) bond motifs is 9. The molecule has 3 heterocycles. The lowest BCUT2D eigenvalue weighted by atomic mass is 9.82. The number of anilines is 3. The molecule has 0 atom stereocenters. The highest BCUT2D eigenvalue weighted by Gasteiger charge is 2.41. The molecule has 0 unspecified atom stereocenters. The largest absolute Gasteiger partial charge is 0.477 e. The molecule has 4 nitrogen and oxygen atoms in total. The molecule has 0 saturated carbocycles. The molecule has 0 aliphatic heterocycles. The summed E-state index contributed by atoms with van der Waals surface area (Å²) in [5, 5.41) is 18.6. The number of hydrogen-bond acceptors (Lipinski definition) is 6. The molecular weight excluding hydrogens is 817 g/mol. The topological polar surface area (TPSA) is 64.3 Å². The lowest BCUT2D eigenvalue weighted by Crippen LogP contribution is -2.18. The Kier molecular flexibility index (Phi) is 8.47. The van der Waals surface area contributed by atoms with E-state index in [4.69, 9.17) is 0 Å². The van der Waals surface area contributed by atoms with Crippen molar-refractivity contribution in [1.82, 2.24) is 0 Å². The number of aliphatic carboxylic acids is 1. The van der Waals surface area contributed by atoms with E-state index >= 15 is 0 Å². The number of hydrogen-bond donors (Lipinski definition) is 1. The summed E-state index contributed by atoms with van der Waals surface area (Å²) in [6.07, 6.45) is 1.45. The first kappa shape index (κ1) is 38.6. The second-order valence-electron chi connectivity index (χ2n) is 18.2. The fourth-order valence-electron chi connectivity index (χ4n) is 10.2. The van der Waals surface area contributed by atoms with Gasteiger partial charge in [0.25, 0.3) is 0 Å². The number of carboxylic acids is 1. The number of benzene rings is 5. The van der Waals surface area contributed by atoms with Crippen molar-refractivity contribution in [1.29, 1.82) is 5.26 Å². The number of nitrogens with zero attached hydrogens (tertiary/aromatic N) is 2. The van der Waals surface area contributed by atoms with Crippen LogP contribution in [0, 0.1) is 11.3 Å². The molecule has 1 N–H and O–H groups in total. The maximum absolute atomic E-state index is 11.4. The van der Waals surface area contributed by atoms with Crippen molar-refractivity contribution in [2.45, 2.75) is 57.8 Å². The monoisotopic (exact) mass is 858 g/mol. The van der Waals surface area contributed by atoms with Crippen LogP contribution in [0.3, 0.4) is 0 Å². The lowest BCUT2D eigenvalue weighted by molar-refractivity contribution is -0.132. The summed E-state index contributed by atoms with van der Waals surface area (Å²) in [5.41, 5.74) is 17.3. The molecule has 7 heteroatoms. The Hall–Kier alpha value is -6.30. The van der Waals surface area contributed by atoms with Crippen LogP contribution < -0.4 is 4.90 Å². The van der Waals surface area contributed by atoms with Gasteiger partial charge in [0.2, 0.25) is 0 Å². The fraction of sp³-hybridized carbons (Fsp3) is 0.164. The SMILES string of the molecule is CC1(C)c2ccccc2-c2ccc(N(c3ccc(-c4cc5c(s4)-c4sc(-c6ccc(C=C(C#N)C(=O)O)s6)cc4C5(C)C)cc3)c3ccc4c(c3)C(C)(C)c3ccccc3-4)cc21. The van der Waals surface area contributed by atoms with Crippen LogP contribution in [0.4, 0.5) is 17.1 Å². The number of carbonyl (C=O) groups is 1. The van der Waals surface area contributed by atoms with Crippen LogP contribution in [-0.2, 0) is 21.0 Å². The van der Waals surface area contributed by atoms with Crippen molar-refractivity contribution in [2.24, 2.45) is 0 Å². The highest BCUT2D eigenvalue weighted by molar-refractivity contribution is 7.27. The van der Waals surface area contributed by atoms with Crippen LogP contribution in [0.15, 0.2) is 139 Å². The van der Waals surface area contributed by atoms with Gasteiger partial charge >= 0.3 is 5.97 Å². The second kappa shape index (κ2) is 13.6. The molecule has 0 saturated heterocycles. The molecule has 11 rings (SSSR count). The number of carboxylic acid groups (broad SMARTS) is 1. The van der Waals surface area contributed by atoms with Gasteiger partial charge in [-0.2, -0.15) is 5.26 Å². The van der Waals surface area contributed by atoms with E-state index in [1.807, 2.05) is 23.5 Å². The van der Waals surface area contributed by atoms with Gasteiger partial charge in [0.05, 0.1) is 0 Å². The average Bonchev–Trinajstić information content (AvgIpc) is 4.12. The quantitative estimate of drug-likeness (QED) is 0.128. The van der Waals surface area contributed by atoms with Gasteiger partial charge in [-0.05, 0) is 128 Å². The van der Waals surface area contributed by atoms with E-state index in [1.54, 1.807) is 17.4 Å². The van der Waals surface area contributed by atoms with Gasteiger partial charge in [-0.1, -0.05) is 114 Å². The van der Waals surface area contributed by atoms with E-state index < -0.39 is 5.97 Å². The number of rotatable bonds is 7. The Bertz CT molecular complexity index is 3160. The molecule has 3 aliphatic rings. The van der Waals surface area contributed by atoms with Gasteiger partial charge in [-0.15, -0.1) is 34.0 Å². The first-order valence-electron chi connectivity index (χ1n) is 20.9. The summed E-state index contributed by atoms with van der Waals surface area (Å²) < 4.78 is 0. The summed E-state index contributed by atoms with van der Waals surface area (Å²) >= 11 is 5.17. The van der Waals surface area contributed by atoms with Crippen LogP contribution in [0.1, 0.15) is 79.8 Å². The van der Waals surface area contributed by atoms with Crippen LogP contribution in [0.2, 0.25) is 0 Å². The number of thiophene rings is 3. The Morgan fingerprint density at radius 3 is 1.56 bits per heavy atom. The predicted molar refractivity (Wildman–Crippen MR) is 260 cm³/mol. The summed E-state index contributed by atoms with van der Waals surface area (Å²) in [7, 11) is 0. The maximum atomic E-state index is 11.4. The molecule has 0 fully saturated rings. The first-order chi connectivity index (χ1) is 29.7. The third-order valence-electron chi connectivity index (χ3n) is 13.6. The highest BCUT2D eigenvalue weighted by Crippen LogP contribution is 2.59. The fourth-order valence-corrected chi connectivity index (χ4v) is 14.0. The molecule has 3 aromatic heterocycles. The molecule has 8 aromatic rings. The van der Waals surface area contributed by atoms with Crippen molar-refractivity contribution in [3.63, 3.8) is 0 Å². The van der Waals surface area contributed by atoms with Gasteiger partial charge in [-0.3, -0.25) is 0 Å². The Balaban J connectivity index is 0.970.